The maximum atomic E-state index is 10.9. The highest BCUT2D eigenvalue weighted by molar-refractivity contribution is 5.89. The maximum absolute atomic E-state index is 10.9. The van der Waals surface area contributed by atoms with Crippen LogP contribution in [0.1, 0.15) is 42.6 Å². The van der Waals surface area contributed by atoms with E-state index >= 15 is 0 Å². The van der Waals surface area contributed by atoms with Crippen molar-refractivity contribution in [3.05, 3.63) is 35.4 Å². The van der Waals surface area contributed by atoms with E-state index < -0.39 is 5.97 Å². The lowest BCUT2D eigenvalue weighted by Gasteiger charge is -2.09. The summed E-state index contributed by atoms with van der Waals surface area (Å²) in [6.07, 6.45) is 3.06. The molecule has 1 rings (SSSR count). The molecule has 0 saturated heterocycles. The number of carboxylic acids is 1. The minimum absolute atomic E-state index is 0.445. The highest BCUT2D eigenvalue weighted by Gasteiger charge is 2.09. The number of hydrogen-bond donors (Lipinski definition) is 1. The molecule has 1 N–H and O–H groups in total. The smallest absolute Gasteiger partial charge is 0.335 e. The molecule has 2 nitrogen and oxygen atoms in total. The Morgan fingerprint density at radius 1 is 1.40 bits per heavy atom. The Labute approximate surface area is 90.9 Å². The fourth-order valence-electron chi connectivity index (χ4n) is 1.55. The van der Waals surface area contributed by atoms with Crippen molar-refractivity contribution >= 4 is 5.97 Å². The van der Waals surface area contributed by atoms with Crippen LogP contribution in [-0.2, 0) is 6.42 Å². The van der Waals surface area contributed by atoms with Gasteiger partial charge in [0.15, 0.2) is 0 Å². The van der Waals surface area contributed by atoms with Crippen molar-refractivity contribution in [2.75, 3.05) is 0 Å². The monoisotopic (exact) mass is 206 g/mol. The summed E-state index contributed by atoms with van der Waals surface area (Å²) in [5.41, 5.74) is 1.39. The Morgan fingerprint density at radius 2 is 2.07 bits per heavy atom. The molecule has 0 aliphatic heterocycles. The third-order valence-corrected chi connectivity index (χ3v) is 2.85. The topological polar surface area (TPSA) is 37.3 Å². The molecule has 1 aromatic carbocycles. The van der Waals surface area contributed by atoms with Gasteiger partial charge in [-0.05, 0) is 30.4 Å². The molecule has 2 heteroatoms. The first kappa shape index (κ1) is 11.8. The molecule has 1 aromatic rings. The van der Waals surface area contributed by atoms with Crippen LogP contribution >= 0.6 is 0 Å². The molecule has 0 fully saturated rings. The number of hydrogen-bond acceptors (Lipinski definition) is 1. The van der Waals surface area contributed by atoms with E-state index in [0.717, 1.165) is 24.8 Å². The minimum Gasteiger partial charge on any atom is -0.478 e. The van der Waals surface area contributed by atoms with Gasteiger partial charge in [0.05, 0.1) is 5.56 Å². The first-order valence-electron chi connectivity index (χ1n) is 5.46. The maximum Gasteiger partial charge on any atom is 0.335 e. The predicted molar refractivity (Wildman–Crippen MR) is 61.2 cm³/mol. The van der Waals surface area contributed by atoms with Crippen LogP contribution in [0.15, 0.2) is 24.3 Å². The molecule has 1 atom stereocenters. The van der Waals surface area contributed by atoms with E-state index in [-0.39, 0.29) is 0 Å². The van der Waals surface area contributed by atoms with E-state index in [9.17, 15) is 4.79 Å². The number of aromatic carboxylic acids is 1. The summed E-state index contributed by atoms with van der Waals surface area (Å²) in [6, 6.07) is 7.26. The second-order valence-corrected chi connectivity index (χ2v) is 4.01. The van der Waals surface area contributed by atoms with Gasteiger partial charge in [-0.3, -0.25) is 0 Å². The molecule has 0 radical (unpaired) electrons. The molecule has 0 spiro atoms. The Bertz CT molecular complexity index is 331. The lowest BCUT2D eigenvalue weighted by Crippen LogP contribution is -2.04. The average molecular weight is 206 g/mol. The van der Waals surface area contributed by atoms with Crippen LogP contribution in [0, 0.1) is 5.92 Å². The summed E-state index contributed by atoms with van der Waals surface area (Å²) in [5, 5.41) is 8.99. The van der Waals surface area contributed by atoms with Crippen LogP contribution < -0.4 is 0 Å². The zero-order valence-electron chi connectivity index (χ0n) is 9.36. The highest BCUT2D eigenvalue weighted by Crippen LogP contribution is 2.15. The number of carbonyl (C=O) groups is 1. The van der Waals surface area contributed by atoms with Gasteiger partial charge in [0.1, 0.15) is 0 Å². The van der Waals surface area contributed by atoms with Crippen molar-refractivity contribution in [1.82, 2.24) is 0 Å². The van der Waals surface area contributed by atoms with Crippen molar-refractivity contribution in [3.8, 4) is 0 Å². The van der Waals surface area contributed by atoms with E-state index in [1.54, 1.807) is 12.1 Å². The second-order valence-electron chi connectivity index (χ2n) is 4.01. The predicted octanol–water partition coefficient (Wildman–Crippen LogP) is 3.36. The summed E-state index contributed by atoms with van der Waals surface area (Å²) in [5.74, 6) is -0.165. The van der Waals surface area contributed by atoms with Crippen LogP contribution in [-0.4, -0.2) is 11.1 Å². The van der Waals surface area contributed by atoms with Gasteiger partial charge in [-0.2, -0.15) is 0 Å². The molecule has 0 bridgehead atoms. The first-order valence-corrected chi connectivity index (χ1v) is 5.46. The van der Waals surface area contributed by atoms with Crippen LogP contribution in [0.2, 0.25) is 0 Å². The second kappa shape index (κ2) is 5.54. The fraction of sp³-hybridized carbons (Fsp3) is 0.462. The van der Waals surface area contributed by atoms with Crippen LogP contribution in [0.3, 0.4) is 0 Å². The molecular weight excluding hydrogens is 188 g/mol. The Hall–Kier alpha value is -1.31. The first-order chi connectivity index (χ1) is 7.15. The molecule has 0 aliphatic carbocycles. The highest BCUT2D eigenvalue weighted by atomic mass is 16.4. The molecule has 0 heterocycles. The lowest BCUT2D eigenvalue weighted by molar-refractivity contribution is 0.0695. The molecule has 82 valence electrons. The van der Waals surface area contributed by atoms with Gasteiger partial charge in [0.25, 0.3) is 0 Å². The Morgan fingerprint density at radius 3 is 2.67 bits per heavy atom. The van der Waals surface area contributed by atoms with Crippen LogP contribution in [0.5, 0.6) is 0 Å². The van der Waals surface area contributed by atoms with E-state index in [0.29, 0.717) is 11.5 Å². The van der Waals surface area contributed by atoms with E-state index in [1.165, 1.54) is 0 Å². The van der Waals surface area contributed by atoms with Crippen LogP contribution in [0.4, 0.5) is 0 Å². The van der Waals surface area contributed by atoms with Crippen molar-refractivity contribution < 1.29 is 9.90 Å². The van der Waals surface area contributed by atoms with Crippen molar-refractivity contribution in [2.45, 2.75) is 33.1 Å². The summed E-state index contributed by atoms with van der Waals surface area (Å²) < 4.78 is 0. The zero-order chi connectivity index (χ0) is 11.3. The van der Waals surface area contributed by atoms with Gasteiger partial charge >= 0.3 is 5.97 Å². The normalized spacial score (nSPS) is 12.4. The standard InChI is InChI=1S/C13H18O2/c1-3-10(2)8-9-11-6-4-5-7-12(11)13(14)15/h4-7,10H,3,8-9H2,1-2H3,(H,14,15). The number of benzene rings is 1. The molecule has 0 aromatic heterocycles. The van der Waals surface area contributed by atoms with Gasteiger partial charge in [-0.1, -0.05) is 38.5 Å². The summed E-state index contributed by atoms with van der Waals surface area (Å²) >= 11 is 0. The molecular formula is C13H18O2. The Balaban J connectivity index is 2.72. The van der Waals surface area contributed by atoms with Crippen molar-refractivity contribution in [1.29, 1.82) is 0 Å². The number of rotatable bonds is 5. The molecule has 0 aliphatic rings. The summed E-state index contributed by atoms with van der Waals surface area (Å²) in [4.78, 5) is 10.9. The summed E-state index contributed by atoms with van der Waals surface area (Å²) in [7, 11) is 0. The molecule has 15 heavy (non-hydrogen) atoms. The van der Waals surface area contributed by atoms with E-state index in [2.05, 4.69) is 13.8 Å². The molecule has 0 saturated carbocycles. The minimum atomic E-state index is -0.824. The fourth-order valence-corrected chi connectivity index (χ4v) is 1.55. The molecule has 0 amide bonds. The zero-order valence-corrected chi connectivity index (χ0v) is 9.36. The average Bonchev–Trinajstić information content (AvgIpc) is 2.26. The quantitative estimate of drug-likeness (QED) is 0.802. The number of aryl methyl sites for hydroxylation is 1. The van der Waals surface area contributed by atoms with Crippen molar-refractivity contribution in [2.24, 2.45) is 5.92 Å². The van der Waals surface area contributed by atoms with Gasteiger partial charge in [-0.15, -0.1) is 0 Å². The third kappa shape index (κ3) is 3.39. The largest absolute Gasteiger partial charge is 0.478 e. The van der Waals surface area contributed by atoms with Crippen LogP contribution in [0.25, 0.3) is 0 Å². The SMILES string of the molecule is CCC(C)CCc1ccccc1C(=O)O. The third-order valence-electron chi connectivity index (χ3n) is 2.85. The van der Waals surface area contributed by atoms with Gasteiger partial charge in [0, 0.05) is 0 Å². The van der Waals surface area contributed by atoms with E-state index in [1.807, 2.05) is 12.1 Å². The van der Waals surface area contributed by atoms with Crippen molar-refractivity contribution in [3.63, 3.8) is 0 Å². The van der Waals surface area contributed by atoms with E-state index in [4.69, 9.17) is 5.11 Å². The van der Waals surface area contributed by atoms with Gasteiger partial charge in [0.2, 0.25) is 0 Å². The summed E-state index contributed by atoms with van der Waals surface area (Å²) in [6.45, 7) is 4.36. The molecule has 1 unspecified atom stereocenters. The van der Waals surface area contributed by atoms with Gasteiger partial charge < -0.3 is 5.11 Å². The number of carboxylic acid groups (broad SMARTS) is 1. The Kier molecular flexibility index (Phi) is 4.35. The lowest BCUT2D eigenvalue weighted by atomic mass is 9.96. The van der Waals surface area contributed by atoms with Gasteiger partial charge in [-0.25, -0.2) is 4.79 Å².